The molecule has 2 aromatic heterocycles. The number of carbonyl (C=O) groups excluding carboxylic acids is 3. The van der Waals surface area contributed by atoms with E-state index >= 15 is 4.39 Å². The van der Waals surface area contributed by atoms with Gasteiger partial charge in [0.05, 0.1) is 17.8 Å². The molecular weight excluding hydrogens is 625 g/mol. The number of ether oxygens (including phenoxy) is 5. The number of anilines is 3. The van der Waals surface area contributed by atoms with Crippen LogP contribution in [-0.4, -0.2) is 71.4 Å². The number of halogens is 1. The fourth-order valence-corrected chi connectivity index (χ4v) is 5.61. The van der Waals surface area contributed by atoms with Crippen molar-refractivity contribution in [2.24, 2.45) is 0 Å². The van der Waals surface area contributed by atoms with E-state index in [9.17, 15) is 14.4 Å². The maximum absolute atomic E-state index is 16.6. The van der Waals surface area contributed by atoms with Gasteiger partial charge >= 0.3 is 18.3 Å². The van der Waals surface area contributed by atoms with Crippen molar-refractivity contribution in [2.45, 2.75) is 91.1 Å². The lowest BCUT2D eigenvalue weighted by Gasteiger charge is -2.42. The molecular formula is C34H42FN5O8. The molecule has 2 N–H and O–H groups in total. The molecule has 1 aliphatic carbocycles. The fourth-order valence-electron chi connectivity index (χ4n) is 5.61. The first kappa shape index (κ1) is 34.6. The minimum absolute atomic E-state index is 0.0594. The third kappa shape index (κ3) is 7.53. The molecule has 3 aromatic rings. The number of fused-ring (bicyclic) bond motifs is 2. The van der Waals surface area contributed by atoms with E-state index in [4.69, 9.17) is 23.7 Å². The predicted octanol–water partition coefficient (Wildman–Crippen LogP) is 7.34. The molecule has 13 nitrogen and oxygen atoms in total. The Morgan fingerprint density at radius 2 is 1.67 bits per heavy atom. The summed E-state index contributed by atoms with van der Waals surface area (Å²) in [4.78, 5) is 48.9. The highest BCUT2D eigenvalue weighted by Crippen LogP contribution is 2.43. The molecule has 3 heterocycles. The topological polar surface area (TPSA) is 150 Å². The first-order valence-electron chi connectivity index (χ1n) is 15.6. The van der Waals surface area contributed by atoms with Crippen LogP contribution >= 0.6 is 0 Å². The van der Waals surface area contributed by atoms with Gasteiger partial charge in [0, 0.05) is 48.9 Å². The van der Waals surface area contributed by atoms with E-state index in [2.05, 4.69) is 20.6 Å². The molecule has 258 valence electrons. The number of nitrogens with one attached hydrogen (secondary N) is 2. The van der Waals surface area contributed by atoms with Gasteiger partial charge < -0.3 is 23.7 Å². The SMILES string of the molecule is CO[C@]1(C)C[C@H](OC(=O)Nc2cc3cc(-c4cnc5c(c4C)N(C(=O)OC(C)(C)C)CCO5)c(F)c(NC(=O)OC(C)(C)C)c3cn2)C1. The molecule has 1 aromatic carbocycles. The van der Waals surface area contributed by atoms with Gasteiger partial charge in [-0.1, -0.05) is 0 Å². The number of benzene rings is 1. The molecule has 48 heavy (non-hydrogen) atoms. The molecule has 0 spiro atoms. The zero-order valence-corrected chi connectivity index (χ0v) is 28.7. The van der Waals surface area contributed by atoms with Crippen molar-refractivity contribution in [3.8, 4) is 17.0 Å². The van der Waals surface area contributed by atoms with Crippen LogP contribution in [0.1, 0.15) is 66.9 Å². The average molecular weight is 668 g/mol. The molecule has 0 radical (unpaired) electrons. The number of carbonyl (C=O) groups is 3. The summed E-state index contributed by atoms with van der Waals surface area (Å²) in [6.45, 7) is 14.4. The second-order valence-electron chi connectivity index (χ2n) is 14.2. The summed E-state index contributed by atoms with van der Waals surface area (Å²) in [5.74, 6) is -0.438. The van der Waals surface area contributed by atoms with Gasteiger partial charge in [-0.2, -0.15) is 0 Å². The van der Waals surface area contributed by atoms with Crippen molar-refractivity contribution in [1.82, 2.24) is 9.97 Å². The number of hydrogen-bond acceptors (Lipinski definition) is 10. The monoisotopic (exact) mass is 667 g/mol. The summed E-state index contributed by atoms with van der Waals surface area (Å²) in [5.41, 5.74) is -0.903. The molecule has 5 rings (SSSR count). The van der Waals surface area contributed by atoms with E-state index in [-0.39, 0.29) is 53.2 Å². The highest BCUT2D eigenvalue weighted by molar-refractivity contribution is 6.05. The molecule has 0 saturated heterocycles. The number of hydrogen-bond donors (Lipinski definition) is 2. The van der Waals surface area contributed by atoms with E-state index < -0.39 is 35.3 Å². The van der Waals surface area contributed by atoms with Gasteiger partial charge in [0.1, 0.15) is 35.4 Å². The first-order chi connectivity index (χ1) is 22.4. The van der Waals surface area contributed by atoms with Gasteiger partial charge in [-0.25, -0.2) is 28.7 Å². The zero-order chi connectivity index (χ0) is 35.2. The van der Waals surface area contributed by atoms with Crippen molar-refractivity contribution >= 4 is 46.2 Å². The standard InChI is InChI=1S/C34H42FN5O8/c1-18-22(16-37-28-27(18)40(10-11-45-28)31(43)48-33(5,6)7)21-12-19-13-24(38-29(41)46-20-14-34(8,15-20)44-9)36-17-23(19)26(25(21)35)39-30(42)47-32(2,3)4/h12-13,16-17,20H,10-11,14-15H2,1-9H3,(H,39,42)(H,36,38,41)/t20-,34+. The number of methoxy groups -OCH3 is 1. The minimum Gasteiger partial charge on any atom is -0.474 e. The lowest BCUT2D eigenvalue weighted by molar-refractivity contribution is -0.124. The maximum Gasteiger partial charge on any atom is 0.415 e. The summed E-state index contributed by atoms with van der Waals surface area (Å²) in [5, 5.41) is 5.84. The molecule has 3 amide bonds. The van der Waals surface area contributed by atoms with E-state index in [0.29, 0.717) is 35.0 Å². The Balaban J connectivity index is 1.56. The molecule has 0 bridgehead atoms. The molecule has 2 aliphatic rings. The van der Waals surface area contributed by atoms with Crippen LogP contribution in [0, 0.1) is 12.7 Å². The van der Waals surface area contributed by atoms with Crippen LogP contribution in [0.3, 0.4) is 0 Å². The summed E-state index contributed by atoms with van der Waals surface area (Å²) in [6.07, 6.45) is 1.44. The molecule has 14 heteroatoms. The number of pyridine rings is 2. The maximum atomic E-state index is 16.6. The van der Waals surface area contributed by atoms with Gasteiger partial charge in [-0.15, -0.1) is 0 Å². The van der Waals surface area contributed by atoms with Crippen LogP contribution in [0.5, 0.6) is 5.88 Å². The van der Waals surface area contributed by atoms with Crippen LogP contribution in [-0.2, 0) is 18.9 Å². The molecule has 0 atom stereocenters. The Morgan fingerprint density at radius 3 is 2.31 bits per heavy atom. The molecule has 1 aliphatic heterocycles. The van der Waals surface area contributed by atoms with Crippen LogP contribution in [0.25, 0.3) is 21.9 Å². The Hall–Kier alpha value is -4.72. The Morgan fingerprint density at radius 1 is 0.979 bits per heavy atom. The summed E-state index contributed by atoms with van der Waals surface area (Å²) in [6, 6.07) is 3.09. The third-order valence-electron chi connectivity index (χ3n) is 7.90. The van der Waals surface area contributed by atoms with Gasteiger partial charge in [-0.3, -0.25) is 15.5 Å². The number of amides is 3. The quantitative estimate of drug-likeness (QED) is 0.265. The molecule has 0 unspecified atom stereocenters. The van der Waals surface area contributed by atoms with Crippen molar-refractivity contribution in [2.75, 3.05) is 35.8 Å². The molecule has 1 saturated carbocycles. The first-order valence-corrected chi connectivity index (χ1v) is 15.6. The smallest absolute Gasteiger partial charge is 0.415 e. The highest BCUT2D eigenvalue weighted by atomic mass is 19.1. The number of nitrogens with zero attached hydrogens (tertiary/aromatic N) is 3. The van der Waals surface area contributed by atoms with Crippen molar-refractivity contribution in [3.63, 3.8) is 0 Å². The van der Waals surface area contributed by atoms with Crippen LogP contribution in [0.2, 0.25) is 0 Å². The Bertz CT molecular complexity index is 1760. The van der Waals surface area contributed by atoms with Gasteiger partial charge in [0.25, 0.3) is 0 Å². The Labute approximate surface area is 278 Å². The lowest BCUT2D eigenvalue weighted by atomic mass is 9.79. The number of rotatable bonds is 5. The molecule has 1 fully saturated rings. The van der Waals surface area contributed by atoms with E-state index in [1.165, 1.54) is 23.4 Å². The van der Waals surface area contributed by atoms with E-state index in [1.807, 2.05) is 6.92 Å². The van der Waals surface area contributed by atoms with Crippen LogP contribution < -0.4 is 20.3 Å². The largest absolute Gasteiger partial charge is 0.474 e. The average Bonchev–Trinajstić information content (AvgIpc) is 2.96. The van der Waals surface area contributed by atoms with Crippen molar-refractivity contribution in [3.05, 3.63) is 35.9 Å². The minimum atomic E-state index is -0.876. The van der Waals surface area contributed by atoms with E-state index in [1.54, 1.807) is 61.6 Å². The van der Waals surface area contributed by atoms with Crippen molar-refractivity contribution in [1.29, 1.82) is 0 Å². The normalized spacial score (nSPS) is 19.0. The fraction of sp³-hybridized carbons (Fsp3) is 0.500. The van der Waals surface area contributed by atoms with Crippen LogP contribution in [0.4, 0.5) is 36.0 Å². The Kier molecular flexibility index (Phi) is 9.17. The van der Waals surface area contributed by atoms with Gasteiger partial charge in [-0.05, 0) is 78.5 Å². The van der Waals surface area contributed by atoms with Gasteiger partial charge in [0.15, 0.2) is 5.82 Å². The summed E-state index contributed by atoms with van der Waals surface area (Å²) in [7, 11) is 1.62. The highest BCUT2D eigenvalue weighted by Gasteiger charge is 2.43. The van der Waals surface area contributed by atoms with E-state index in [0.717, 1.165) is 0 Å². The van der Waals surface area contributed by atoms with Gasteiger partial charge in [0.2, 0.25) is 5.88 Å². The lowest BCUT2D eigenvalue weighted by Crippen LogP contribution is -2.48. The van der Waals surface area contributed by atoms with Crippen molar-refractivity contribution < 1.29 is 42.5 Å². The summed E-state index contributed by atoms with van der Waals surface area (Å²) >= 11 is 0. The predicted molar refractivity (Wildman–Crippen MR) is 177 cm³/mol. The van der Waals surface area contributed by atoms with Crippen LogP contribution in [0.15, 0.2) is 24.5 Å². The number of aromatic nitrogens is 2. The zero-order valence-electron chi connectivity index (χ0n) is 28.7. The second kappa shape index (κ2) is 12.7. The third-order valence-corrected chi connectivity index (χ3v) is 7.90. The second-order valence-corrected chi connectivity index (χ2v) is 14.2. The summed E-state index contributed by atoms with van der Waals surface area (Å²) < 4.78 is 44.3.